The highest BCUT2D eigenvalue weighted by Gasteiger charge is 2.75. The summed E-state index contributed by atoms with van der Waals surface area (Å²) in [5.41, 5.74) is -0.321. The number of hydrogen-bond donors (Lipinski definition) is 3. The Balaban J connectivity index is 1.81. The van der Waals surface area contributed by atoms with E-state index in [0.29, 0.717) is 12.8 Å². The van der Waals surface area contributed by atoms with Crippen LogP contribution in [-0.2, 0) is 19.1 Å². The van der Waals surface area contributed by atoms with Crippen LogP contribution in [-0.4, -0.2) is 65.2 Å². The molecule has 1 aromatic carbocycles. The third-order valence-corrected chi connectivity index (χ3v) is 6.66. The largest absolute Gasteiger partial charge is 0.394 e. The Kier molecular flexibility index (Phi) is 5.32. The van der Waals surface area contributed by atoms with E-state index in [1.54, 1.807) is 7.05 Å². The van der Waals surface area contributed by atoms with E-state index in [4.69, 9.17) is 4.74 Å². The molecular weight excluding hydrogens is 386 g/mol. The SMILES string of the molecule is CNC(=O)[C@@H]1[C@@H]2CCC3(O2)C(C(=O)NC(C)C)N([C@H](CO)c2ccccc2)C(=O)[C@H]13. The van der Waals surface area contributed by atoms with Crippen molar-refractivity contribution in [3.63, 3.8) is 0 Å². The average molecular weight is 415 g/mol. The predicted octanol–water partition coefficient (Wildman–Crippen LogP) is 0.365. The maximum Gasteiger partial charge on any atom is 0.246 e. The first-order valence-electron chi connectivity index (χ1n) is 10.5. The normalized spacial score (nSPS) is 33.0. The lowest BCUT2D eigenvalue weighted by Gasteiger charge is -2.37. The zero-order chi connectivity index (χ0) is 21.6. The van der Waals surface area contributed by atoms with Crippen LogP contribution >= 0.6 is 0 Å². The van der Waals surface area contributed by atoms with Crippen molar-refractivity contribution < 1.29 is 24.2 Å². The van der Waals surface area contributed by atoms with Crippen molar-refractivity contribution in [2.75, 3.05) is 13.7 Å². The number of benzene rings is 1. The summed E-state index contributed by atoms with van der Waals surface area (Å²) in [5.74, 6) is -2.24. The van der Waals surface area contributed by atoms with Gasteiger partial charge in [0, 0.05) is 13.1 Å². The van der Waals surface area contributed by atoms with Crippen molar-refractivity contribution in [3.05, 3.63) is 35.9 Å². The van der Waals surface area contributed by atoms with Gasteiger partial charge in [-0.3, -0.25) is 14.4 Å². The number of nitrogens with zero attached hydrogens (tertiary/aromatic N) is 1. The Morgan fingerprint density at radius 2 is 1.97 bits per heavy atom. The molecule has 1 aromatic rings. The molecule has 3 N–H and O–H groups in total. The molecule has 0 radical (unpaired) electrons. The van der Waals surface area contributed by atoms with Gasteiger partial charge in [-0.2, -0.15) is 0 Å². The molecule has 1 spiro atoms. The molecule has 0 aliphatic carbocycles. The van der Waals surface area contributed by atoms with Crippen LogP contribution in [0.15, 0.2) is 30.3 Å². The fraction of sp³-hybridized carbons (Fsp3) is 0.591. The summed E-state index contributed by atoms with van der Waals surface area (Å²) in [4.78, 5) is 41.2. The van der Waals surface area contributed by atoms with Crippen molar-refractivity contribution in [1.82, 2.24) is 15.5 Å². The van der Waals surface area contributed by atoms with Crippen molar-refractivity contribution >= 4 is 17.7 Å². The molecular formula is C22H29N3O5. The molecule has 8 heteroatoms. The second-order valence-corrected chi connectivity index (χ2v) is 8.69. The molecule has 0 saturated carbocycles. The Bertz CT molecular complexity index is 844. The van der Waals surface area contributed by atoms with Crippen molar-refractivity contribution in [3.8, 4) is 0 Å². The fourth-order valence-electron chi connectivity index (χ4n) is 5.59. The molecule has 3 aliphatic heterocycles. The molecule has 162 valence electrons. The highest BCUT2D eigenvalue weighted by atomic mass is 16.5. The van der Waals surface area contributed by atoms with Gasteiger partial charge >= 0.3 is 0 Å². The zero-order valence-corrected chi connectivity index (χ0v) is 17.5. The Hall–Kier alpha value is -2.45. The van der Waals surface area contributed by atoms with Crippen LogP contribution in [0.2, 0.25) is 0 Å². The number of amides is 3. The van der Waals surface area contributed by atoms with Gasteiger partial charge in [-0.05, 0) is 32.3 Å². The molecule has 3 amide bonds. The van der Waals surface area contributed by atoms with Crippen LogP contribution in [0.4, 0.5) is 0 Å². The molecule has 3 aliphatic rings. The van der Waals surface area contributed by atoms with Gasteiger partial charge < -0.3 is 25.4 Å². The first-order chi connectivity index (χ1) is 14.4. The van der Waals surface area contributed by atoms with Gasteiger partial charge in [0.15, 0.2) is 0 Å². The second-order valence-electron chi connectivity index (χ2n) is 8.69. The minimum atomic E-state index is -1.06. The topological polar surface area (TPSA) is 108 Å². The van der Waals surface area contributed by atoms with Crippen LogP contribution in [0.1, 0.15) is 38.3 Å². The molecule has 3 heterocycles. The van der Waals surface area contributed by atoms with E-state index in [9.17, 15) is 19.5 Å². The number of ether oxygens (including phenoxy) is 1. The van der Waals surface area contributed by atoms with E-state index in [2.05, 4.69) is 10.6 Å². The number of aliphatic hydroxyl groups excluding tert-OH is 1. The monoisotopic (exact) mass is 415 g/mol. The minimum Gasteiger partial charge on any atom is -0.394 e. The van der Waals surface area contributed by atoms with E-state index in [1.807, 2.05) is 44.2 Å². The van der Waals surface area contributed by atoms with Crippen molar-refractivity contribution in [2.24, 2.45) is 11.8 Å². The number of likely N-dealkylation sites (tertiary alicyclic amines) is 1. The third kappa shape index (κ3) is 2.93. The maximum absolute atomic E-state index is 13.8. The van der Waals surface area contributed by atoms with E-state index < -0.39 is 29.5 Å². The Labute approximate surface area is 176 Å². The first kappa shape index (κ1) is 20.8. The summed E-state index contributed by atoms with van der Waals surface area (Å²) in [7, 11) is 1.54. The summed E-state index contributed by atoms with van der Waals surface area (Å²) < 4.78 is 6.30. The summed E-state index contributed by atoms with van der Waals surface area (Å²) in [6.07, 6.45) is 0.775. The van der Waals surface area contributed by atoms with Gasteiger partial charge in [0.2, 0.25) is 17.7 Å². The summed E-state index contributed by atoms with van der Waals surface area (Å²) in [5, 5.41) is 15.8. The van der Waals surface area contributed by atoms with Crippen LogP contribution in [0.25, 0.3) is 0 Å². The second kappa shape index (κ2) is 7.67. The summed E-state index contributed by atoms with van der Waals surface area (Å²) >= 11 is 0. The van der Waals surface area contributed by atoms with E-state index in [1.165, 1.54) is 4.90 Å². The molecule has 6 atom stereocenters. The number of carbonyl (C=O) groups excluding carboxylic acids is 3. The van der Waals surface area contributed by atoms with Gasteiger partial charge in [-0.25, -0.2) is 0 Å². The molecule has 2 bridgehead atoms. The minimum absolute atomic E-state index is 0.123. The smallest absolute Gasteiger partial charge is 0.246 e. The summed E-state index contributed by atoms with van der Waals surface area (Å²) in [6.45, 7) is 3.38. The number of rotatable bonds is 6. The molecule has 3 saturated heterocycles. The lowest BCUT2D eigenvalue weighted by atomic mass is 9.70. The highest BCUT2D eigenvalue weighted by Crippen LogP contribution is 2.59. The van der Waals surface area contributed by atoms with Gasteiger partial charge in [-0.1, -0.05) is 30.3 Å². The lowest BCUT2D eigenvalue weighted by molar-refractivity contribution is -0.146. The van der Waals surface area contributed by atoms with Gasteiger partial charge in [0.25, 0.3) is 0 Å². The highest BCUT2D eigenvalue weighted by molar-refractivity contribution is 5.99. The number of aliphatic hydroxyl groups is 1. The van der Waals surface area contributed by atoms with Crippen LogP contribution in [0.3, 0.4) is 0 Å². The third-order valence-electron chi connectivity index (χ3n) is 6.66. The number of fused-ring (bicyclic) bond motifs is 1. The molecule has 30 heavy (non-hydrogen) atoms. The van der Waals surface area contributed by atoms with E-state index in [0.717, 1.165) is 5.56 Å². The molecule has 3 fully saturated rings. The van der Waals surface area contributed by atoms with Crippen LogP contribution in [0, 0.1) is 11.8 Å². The van der Waals surface area contributed by atoms with Gasteiger partial charge in [0.1, 0.15) is 11.6 Å². The molecule has 4 rings (SSSR count). The number of carbonyl (C=O) groups is 3. The molecule has 2 unspecified atom stereocenters. The van der Waals surface area contributed by atoms with Gasteiger partial charge in [0.05, 0.1) is 30.6 Å². The quantitative estimate of drug-likeness (QED) is 0.622. The molecule has 0 aromatic heterocycles. The van der Waals surface area contributed by atoms with Crippen LogP contribution in [0.5, 0.6) is 0 Å². The molecule has 8 nitrogen and oxygen atoms in total. The van der Waals surface area contributed by atoms with Crippen LogP contribution < -0.4 is 10.6 Å². The lowest BCUT2D eigenvalue weighted by Crippen LogP contribution is -2.57. The van der Waals surface area contributed by atoms with Crippen molar-refractivity contribution in [1.29, 1.82) is 0 Å². The van der Waals surface area contributed by atoms with Gasteiger partial charge in [-0.15, -0.1) is 0 Å². The van der Waals surface area contributed by atoms with E-state index in [-0.39, 0.29) is 36.5 Å². The Morgan fingerprint density at radius 3 is 2.57 bits per heavy atom. The maximum atomic E-state index is 13.8. The fourth-order valence-corrected chi connectivity index (χ4v) is 5.59. The summed E-state index contributed by atoms with van der Waals surface area (Å²) in [6, 6.07) is 7.43. The average Bonchev–Trinajstić information content (AvgIpc) is 3.36. The van der Waals surface area contributed by atoms with E-state index >= 15 is 0 Å². The zero-order valence-electron chi connectivity index (χ0n) is 17.5. The number of nitrogens with one attached hydrogen (secondary N) is 2. The standard InChI is InChI=1S/C22H29N3O5/c1-12(2)24-20(28)18-22-10-9-15(30-22)16(19(27)23-3)17(22)21(29)25(18)14(11-26)13-7-5-4-6-8-13/h4-8,12,14-18,26H,9-11H2,1-3H3,(H,23,27)(H,24,28)/t14-,15+,16-,17+,18?,22?/m1/s1. The number of hydrogen-bond acceptors (Lipinski definition) is 5. The van der Waals surface area contributed by atoms with Crippen molar-refractivity contribution in [2.45, 2.75) is 56.5 Å². The Morgan fingerprint density at radius 1 is 1.27 bits per heavy atom. The first-order valence-corrected chi connectivity index (χ1v) is 10.5. The predicted molar refractivity (Wildman–Crippen MR) is 108 cm³/mol.